The normalized spacial score (nSPS) is 11.2. The first kappa shape index (κ1) is 21.6. The van der Waals surface area contributed by atoms with Crippen LogP contribution in [0, 0.1) is 0 Å². The molecular weight excluding hydrogens is 371 g/mol. The number of carbonyl (C=O) groups excluding carboxylic acids is 1. The SMILES string of the molecule is COc1cc(CCNC(=O)C(F)(F)F)c(OC)cc1CCCc1ccccc1. The van der Waals surface area contributed by atoms with E-state index in [1.54, 1.807) is 13.2 Å². The highest BCUT2D eigenvalue weighted by atomic mass is 19.4. The quantitative estimate of drug-likeness (QED) is 0.695. The van der Waals surface area contributed by atoms with Crippen molar-refractivity contribution >= 4 is 5.91 Å². The van der Waals surface area contributed by atoms with E-state index in [2.05, 4.69) is 12.1 Å². The van der Waals surface area contributed by atoms with Crippen LogP contribution in [0.25, 0.3) is 0 Å². The average molecular weight is 395 g/mol. The Kier molecular flexibility index (Phi) is 7.72. The minimum Gasteiger partial charge on any atom is -0.496 e. The van der Waals surface area contributed by atoms with E-state index in [4.69, 9.17) is 9.47 Å². The maximum Gasteiger partial charge on any atom is 0.471 e. The van der Waals surface area contributed by atoms with E-state index >= 15 is 0 Å². The van der Waals surface area contributed by atoms with Gasteiger partial charge in [0.05, 0.1) is 14.2 Å². The number of hydrogen-bond donors (Lipinski definition) is 1. The van der Waals surface area contributed by atoms with Crippen LogP contribution in [0.1, 0.15) is 23.1 Å². The Morgan fingerprint density at radius 1 is 0.929 bits per heavy atom. The number of alkyl halides is 3. The molecule has 7 heteroatoms. The molecule has 0 radical (unpaired) electrons. The number of amides is 1. The smallest absolute Gasteiger partial charge is 0.471 e. The third-order valence-electron chi connectivity index (χ3n) is 4.38. The van der Waals surface area contributed by atoms with Crippen molar-refractivity contribution in [3.05, 3.63) is 59.2 Å². The first-order chi connectivity index (χ1) is 13.3. The summed E-state index contributed by atoms with van der Waals surface area (Å²) in [4.78, 5) is 10.9. The maximum absolute atomic E-state index is 12.3. The van der Waals surface area contributed by atoms with Crippen molar-refractivity contribution in [2.75, 3.05) is 20.8 Å². The van der Waals surface area contributed by atoms with Crippen LogP contribution in [0.2, 0.25) is 0 Å². The van der Waals surface area contributed by atoms with Gasteiger partial charge in [0.1, 0.15) is 11.5 Å². The predicted molar refractivity (Wildman–Crippen MR) is 101 cm³/mol. The summed E-state index contributed by atoms with van der Waals surface area (Å²) in [5, 5.41) is 1.87. The zero-order valence-corrected chi connectivity index (χ0v) is 15.9. The highest BCUT2D eigenvalue weighted by molar-refractivity contribution is 5.81. The van der Waals surface area contributed by atoms with Gasteiger partial charge in [-0.05, 0) is 54.5 Å². The number of rotatable bonds is 9. The number of nitrogens with one attached hydrogen (secondary N) is 1. The Bertz CT molecular complexity index is 776. The fourth-order valence-electron chi connectivity index (χ4n) is 2.95. The highest BCUT2D eigenvalue weighted by Gasteiger charge is 2.38. The number of methoxy groups -OCH3 is 2. The number of ether oxygens (including phenoxy) is 2. The Balaban J connectivity index is 2.02. The lowest BCUT2D eigenvalue weighted by molar-refractivity contribution is -0.173. The van der Waals surface area contributed by atoms with Crippen molar-refractivity contribution in [3.8, 4) is 11.5 Å². The fourth-order valence-corrected chi connectivity index (χ4v) is 2.95. The highest BCUT2D eigenvalue weighted by Crippen LogP contribution is 2.30. The lowest BCUT2D eigenvalue weighted by Crippen LogP contribution is -2.37. The molecule has 0 saturated heterocycles. The molecule has 0 aliphatic rings. The molecule has 2 aromatic carbocycles. The molecule has 152 valence electrons. The van der Waals surface area contributed by atoms with Gasteiger partial charge in [0.15, 0.2) is 0 Å². The third-order valence-corrected chi connectivity index (χ3v) is 4.38. The first-order valence-electron chi connectivity index (χ1n) is 8.98. The molecular formula is C21H24F3NO3. The van der Waals surface area contributed by atoms with E-state index < -0.39 is 12.1 Å². The van der Waals surface area contributed by atoms with E-state index in [1.165, 1.54) is 12.7 Å². The molecule has 2 aromatic rings. The summed E-state index contributed by atoms with van der Waals surface area (Å²) < 4.78 is 47.7. The van der Waals surface area contributed by atoms with Gasteiger partial charge in [-0.25, -0.2) is 0 Å². The Morgan fingerprint density at radius 3 is 2.04 bits per heavy atom. The van der Waals surface area contributed by atoms with Crippen molar-refractivity contribution in [2.45, 2.75) is 31.9 Å². The van der Waals surface area contributed by atoms with Crippen molar-refractivity contribution in [2.24, 2.45) is 0 Å². The van der Waals surface area contributed by atoms with Crippen molar-refractivity contribution in [3.63, 3.8) is 0 Å². The number of benzene rings is 2. The maximum atomic E-state index is 12.3. The first-order valence-corrected chi connectivity index (χ1v) is 8.98. The summed E-state index contributed by atoms with van der Waals surface area (Å²) in [5.74, 6) is -0.723. The Labute approximate surface area is 162 Å². The molecule has 0 aliphatic heterocycles. The van der Waals surface area contributed by atoms with E-state index in [-0.39, 0.29) is 13.0 Å². The van der Waals surface area contributed by atoms with Gasteiger partial charge in [-0.15, -0.1) is 0 Å². The molecule has 0 heterocycles. The predicted octanol–water partition coefficient (Wildman–Crippen LogP) is 4.10. The molecule has 0 saturated carbocycles. The molecule has 0 spiro atoms. The van der Waals surface area contributed by atoms with Crippen molar-refractivity contribution in [1.29, 1.82) is 0 Å². The molecule has 1 N–H and O–H groups in total. The van der Waals surface area contributed by atoms with Crippen LogP contribution < -0.4 is 14.8 Å². The van der Waals surface area contributed by atoms with Crippen LogP contribution in [-0.4, -0.2) is 32.8 Å². The van der Waals surface area contributed by atoms with Crippen LogP contribution in [-0.2, 0) is 24.1 Å². The van der Waals surface area contributed by atoms with Gasteiger partial charge in [-0.3, -0.25) is 4.79 Å². The van der Waals surface area contributed by atoms with Crippen LogP contribution in [0.4, 0.5) is 13.2 Å². The largest absolute Gasteiger partial charge is 0.496 e. The second-order valence-corrected chi connectivity index (χ2v) is 6.32. The zero-order chi connectivity index (χ0) is 20.6. The summed E-state index contributed by atoms with van der Waals surface area (Å²) in [6.07, 6.45) is -2.06. The van der Waals surface area contributed by atoms with Gasteiger partial charge in [0.2, 0.25) is 0 Å². The summed E-state index contributed by atoms with van der Waals surface area (Å²) in [7, 11) is 3.06. The number of hydrogen-bond acceptors (Lipinski definition) is 3. The lowest BCUT2D eigenvalue weighted by atomic mass is 10.00. The molecule has 0 fully saturated rings. The molecule has 1 amide bonds. The fraction of sp³-hybridized carbons (Fsp3) is 0.381. The standard InChI is InChI=1S/C21H24F3NO3/c1-27-18-14-17(11-12-25-20(26)21(22,23)24)19(28-2)13-16(18)10-6-9-15-7-4-3-5-8-15/h3-5,7-8,13-14H,6,9-12H2,1-2H3,(H,25,26). The summed E-state index contributed by atoms with van der Waals surface area (Å²) in [6.45, 7) is -0.148. The van der Waals surface area contributed by atoms with Crippen LogP contribution in [0.5, 0.6) is 11.5 Å². The van der Waals surface area contributed by atoms with Gasteiger partial charge in [-0.1, -0.05) is 30.3 Å². The molecule has 0 unspecified atom stereocenters. The van der Waals surface area contributed by atoms with Crippen molar-refractivity contribution < 1.29 is 27.4 Å². The molecule has 28 heavy (non-hydrogen) atoms. The van der Waals surface area contributed by atoms with Gasteiger partial charge < -0.3 is 14.8 Å². The van der Waals surface area contributed by atoms with Crippen molar-refractivity contribution in [1.82, 2.24) is 5.32 Å². The minimum atomic E-state index is -4.88. The molecule has 0 bridgehead atoms. The molecule has 4 nitrogen and oxygen atoms in total. The molecule has 2 rings (SSSR count). The topological polar surface area (TPSA) is 47.6 Å². The Morgan fingerprint density at radius 2 is 1.50 bits per heavy atom. The third kappa shape index (κ3) is 6.18. The number of halogens is 3. The second kappa shape index (κ2) is 10.0. The monoisotopic (exact) mass is 395 g/mol. The van der Waals surface area contributed by atoms with Gasteiger partial charge in [-0.2, -0.15) is 13.2 Å². The average Bonchev–Trinajstić information content (AvgIpc) is 2.68. The summed E-state index contributed by atoms with van der Waals surface area (Å²) in [6, 6.07) is 13.8. The zero-order valence-electron chi connectivity index (χ0n) is 15.9. The Hall–Kier alpha value is -2.70. The van der Waals surface area contributed by atoms with E-state index in [9.17, 15) is 18.0 Å². The van der Waals surface area contributed by atoms with Crippen LogP contribution in [0.3, 0.4) is 0 Å². The minimum absolute atomic E-state index is 0.148. The van der Waals surface area contributed by atoms with E-state index in [0.717, 1.165) is 24.8 Å². The molecule has 0 aromatic heterocycles. The van der Waals surface area contributed by atoms with Gasteiger partial charge in [0.25, 0.3) is 0 Å². The number of carbonyl (C=O) groups is 1. The van der Waals surface area contributed by atoms with E-state index in [1.807, 2.05) is 29.6 Å². The van der Waals surface area contributed by atoms with Crippen LogP contribution in [0.15, 0.2) is 42.5 Å². The van der Waals surface area contributed by atoms with E-state index in [0.29, 0.717) is 17.1 Å². The van der Waals surface area contributed by atoms with Gasteiger partial charge in [0, 0.05) is 6.54 Å². The summed E-state index contributed by atoms with van der Waals surface area (Å²) >= 11 is 0. The van der Waals surface area contributed by atoms with Crippen LogP contribution >= 0.6 is 0 Å². The van der Waals surface area contributed by atoms with Gasteiger partial charge >= 0.3 is 12.1 Å². The number of aryl methyl sites for hydroxylation is 2. The molecule has 0 aliphatic carbocycles. The molecule has 0 atom stereocenters. The second-order valence-electron chi connectivity index (χ2n) is 6.32. The lowest BCUT2D eigenvalue weighted by Gasteiger charge is -2.15. The summed E-state index contributed by atoms with van der Waals surface area (Å²) in [5.41, 5.74) is 2.90.